The summed E-state index contributed by atoms with van der Waals surface area (Å²) in [6.07, 6.45) is -17.1. The molecule has 20 heteroatoms. The first-order valence-electron chi connectivity index (χ1n) is 13.8. The molecule has 0 aliphatic carbocycles. The van der Waals surface area contributed by atoms with Crippen molar-refractivity contribution in [3.8, 4) is 5.75 Å². The first-order chi connectivity index (χ1) is 23.3. The van der Waals surface area contributed by atoms with Gasteiger partial charge in [-0.15, -0.1) is 0 Å². The monoisotopic (exact) mass is 770 g/mol. The summed E-state index contributed by atoms with van der Waals surface area (Å²) in [5, 5.41) is 20.2. The molecule has 276 valence electrons. The first kappa shape index (κ1) is 44.8. The summed E-state index contributed by atoms with van der Waals surface area (Å²) < 4.78 is 153. The van der Waals surface area contributed by atoms with E-state index in [1.165, 1.54) is 0 Å². The molecule has 0 aliphatic heterocycles. The Morgan fingerprint density at radius 1 is 0.560 bits per heavy atom. The molecular weight excluding hydrogens is 741 g/mol. The second-order valence-electron chi connectivity index (χ2n) is 10.4. The van der Waals surface area contributed by atoms with Crippen LogP contribution in [0.1, 0.15) is 31.8 Å². The number of halogens is 12. The zero-order valence-corrected chi connectivity index (χ0v) is 27.5. The van der Waals surface area contributed by atoms with Crippen molar-refractivity contribution in [3.05, 3.63) is 101 Å². The van der Waals surface area contributed by atoms with Gasteiger partial charge in [-0.3, -0.25) is 9.59 Å². The molecule has 0 unspecified atom stereocenters. The van der Waals surface area contributed by atoms with Gasteiger partial charge in [0.2, 0.25) is 38.5 Å². The van der Waals surface area contributed by atoms with E-state index in [9.17, 15) is 72.3 Å². The number of ketones is 2. The van der Waals surface area contributed by atoms with Gasteiger partial charge in [0.1, 0.15) is 34.2 Å². The molecular formula is C30H29BF12O5P2. The molecule has 0 saturated heterocycles. The Kier molecular flexibility index (Phi) is 18.5. The van der Waals surface area contributed by atoms with Crippen molar-refractivity contribution in [1.82, 2.24) is 0 Å². The van der Waals surface area contributed by atoms with E-state index in [0.717, 1.165) is 0 Å². The quantitative estimate of drug-likeness (QED) is 0.0715. The van der Waals surface area contributed by atoms with E-state index in [1.54, 1.807) is 60.7 Å². The Hall–Kier alpha value is -3.20. The van der Waals surface area contributed by atoms with Crippen molar-refractivity contribution in [2.45, 2.75) is 12.4 Å². The van der Waals surface area contributed by atoms with Crippen molar-refractivity contribution < 1.29 is 77.0 Å². The van der Waals surface area contributed by atoms with Crippen LogP contribution in [0.3, 0.4) is 0 Å². The molecule has 0 saturated carbocycles. The summed E-state index contributed by atoms with van der Waals surface area (Å²) in [5.41, 5.74) is -2.56. The Labute approximate surface area is 280 Å². The lowest BCUT2D eigenvalue weighted by Gasteiger charge is -2.27. The minimum atomic E-state index is -5.05. The van der Waals surface area contributed by atoms with Gasteiger partial charge in [-0.1, -0.05) is 60.7 Å². The second-order valence-corrected chi connectivity index (χ2v) is 17.9. The van der Waals surface area contributed by atoms with E-state index in [1.807, 2.05) is 0 Å². The van der Waals surface area contributed by atoms with Crippen LogP contribution in [0.15, 0.2) is 78.9 Å². The molecule has 5 nitrogen and oxygen atoms in total. The molecule has 0 N–H and O–H groups in total. The molecule has 0 heterocycles. The van der Waals surface area contributed by atoms with Gasteiger partial charge in [0.25, 0.3) is 0 Å². The number of hydrogen-bond acceptors (Lipinski definition) is 5. The second kappa shape index (κ2) is 20.6. The Morgan fingerprint density at radius 2 is 0.860 bits per heavy atom. The molecule has 0 spiro atoms. The van der Waals surface area contributed by atoms with Crippen LogP contribution in [0.25, 0.3) is 0 Å². The standard InChI is InChI=1S/2C11H13F3OP.C8H3BF6O3/c2*12-7-16(8-13,9-14)6-11(15)10-4-2-1-3-5-10;10-7(11,12)4-1-5(8(13,14)15)3-6(2-4)18-9(16)17/h2*1-5H,6-9H2;1-3H/q2*+1;-2. The molecule has 3 aromatic rings. The van der Waals surface area contributed by atoms with Gasteiger partial charge >= 0.3 is 12.4 Å². The number of Topliss-reactive ketones (excluding diaryl/α,β-unsaturated/α-hetero) is 2. The van der Waals surface area contributed by atoms with Crippen molar-refractivity contribution in [2.24, 2.45) is 0 Å². The maximum Gasteiger partial charge on any atom is 0.416 e. The largest absolute Gasteiger partial charge is 0.860 e. The zero-order valence-electron chi connectivity index (χ0n) is 25.7. The molecule has 3 aromatic carbocycles. The van der Waals surface area contributed by atoms with Crippen LogP contribution in [0.4, 0.5) is 52.7 Å². The highest BCUT2D eigenvalue weighted by atomic mass is 31.2. The van der Waals surface area contributed by atoms with Crippen LogP contribution in [0, 0.1) is 0 Å². The highest BCUT2D eigenvalue weighted by Gasteiger charge is 2.42. The van der Waals surface area contributed by atoms with Crippen molar-refractivity contribution in [2.75, 3.05) is 50.8 Å². The van der Waals surface area contributed by atoms with Crippen LogP contribution in [-0.4, -0.2) is 69.7 Å². The predicted octanol–water partition coefficient (Wildman–Crippen LogP) is 8.14. The molecule has 0 aromatic heterocycles. The summed E-state index contributed by atoms with van der Waals surface area (Å²) in [4.78, 5) is 23.3. The van der Waals surface area contributed by atoms with E-state index in [-0.39, 0.29) is 42.1 Å². The van der Waals surface area contributed by atoms with E-state index in [4.69, 9.17) is 0 Å². The third-order valence-electron chi connectivity index (χ3n) is 6.46. The SMILES string of the molecule is O=C(C[P+](CF)(CF)CF)c1ccccc1.O=C(C[P+](CF)(CF)CF)c1ccccc1.[O-]B([O-])Oc1cc(C(F)(F)F)cc(C(F)(F)F)c1. The molecule has 0 bridgehead atoms. The maximum absolute atomic E-state index is 12.6. The number of carbonyl (C=O) groups is 2. The fourth-order valence-corrected chi connectivity index (χ4v) is 6.06. The zero-order chi connectivity index (χ0) is 38.2. The van der Waals surface area contributed by atoms with E-state index < -0.39 is 89.6 Å². The van der Waals surface area contributed by atoms with Crippen LogP contribution in [0.5, 0.6) is 5.75 Å². The Morgan fingerprint density at radius 3 is 1.10 bits per heavy atom. The number of benzene rings is 3. The minimum absolute atomic E-state index is 0.141. The van der Waals surface area contributed by atoms with Gasteiger partial charge in [0.15, 0.2) is 11.6 Å². The molecule has 0 atom stereocenters. The van der Waals surface area contributed by atoms with E-state index in [2.05, 4.69) is 4.65 Å². The lowest BCUT2D eigenvalue weighted by Crippen LogP contribution is -2.50. The van der Waals surface area contributed by atoms with Gasteiger partial charge < -0.3 is 14.7 Å². The number of rotatable bonds is 14. The Bertz CT molecular complexity index is 1340. The third-order valence-corrected chi connectivity index (χ3v) is 11.4. The highest BCUT2D eigenvalue weighted by Crippen LogP contribution is 2.60. The fourth-order valence-electron chi connectivity index (χ4n) is 3.59. The average Bonchev–Trinajstić information content (AvgIpc) is 3.09. The van der Waals surface area contributed by atoms with E-state index in [0.29, 0.717) is 11.1 Å². The lowest BCUT2D eigenvalue weighted by molar-refractivity contribution is -0.372. The van der Waals surface area contributed by atoms with Crippen LogP contribution >= 0.6 is 14.5 Å². The number of hydrogen-bond donors (Lipinski definition) is 0. The minimum Gasteiger partial charge on any atom is -0.860 e. The molecule has 50 heavy (non-hydrogen) atoms. The first-order valence-corrected chi connectivity index (χ1v) is 18.9. The van der Waals surface area contributed by atoms with Crippen molar-refractivity contribution >= 4 is 33.4 Å². The normalized spacial score (nSPS) is 11.8. The van der Waals surface area contributed by atoms with Gasteiger partial charge in [-0.25, -0.2) is 26.3 Å². The van der Waals surface area contributed by atoms with Gasteiger partial charge in [0, 0.05) is 11.1 Å². The Balaban J connectivity index is 0.000000376. The molecule has 0 fully saturated rings. The van der Waals surface area contributed by atoms with Crippen LogP contribution < -0.4 is 14.7 Å². The van der Waals surface area contributed by atoms with Gasteiger partial charge in [0.05, 0.1) is 16.9 Å². The smallest absolute Gasteiger partial charge is 0.416 e. The van der Waals surface area contributed by atoms with Crippen LogP contribution in [-0.2, 0) is 12.4 Å². The van der Waals surface area contributed by atoms with Gasteiger partial charge in [-0.05, 0) is 18.2 Å². The number of carbonyl (C=O) groups excluding carboxylic acids is 2. The average molecular weight is 770 g/mol. The summed E-state index contributed by atoms with van der Waals surface area (Å²) in [6.45, 7) is 0. The highest BCUT2D eigenvalue weighted by molar-refractivity contribution is 7.76. The summed E-state index contributed by atoms with van der Waals surface area (Å²) >= 11 is 0. The summed E-state index contributed by atoms with van der Waals surface area (Å²) in [6, 6.07) is 16.5. The maximum atomic E-state index is 12.6. The van der Waals surface area contributed by atoms with E-state index >= 15 is 0 Å². The fraction of sp³-hybridized carbons (Fsp3) is 0.333. The topological polar surface area (TPSA) is 89.5 Å². The third kappa shape index (κ3) is 14.6. The summed E-state index contributed by atoms with van der Waals surface area (Å²) in [7, 11) is -9.04. The predicted molar refractivity (Wildman–Crippen MR) is 164 cm³/mol. The van der Waals surface area contributed by atoms with Crippen LogP contribution in [0.2, 0.25) is 0 Å². The van der Waals surface area contributed by atoms with Gasteiger partial charge in [-0.2, -0.15) is 26.3 Å². The molecule has 3 rings (SSSR count). The number of alkyl halides is 12. The lowest BCUT2D eigenvalue weighted by atomic mass is 10.1. The molecule has 0 amide bonds. The molecule has 0 aliphatic rings. The van der Waals surface area contributed by atoms with Crippen molar-refractivity contribution in [1.29, 1.82) is 0 Å². The van der Waals surface area contributed by atoms with Crippen molar-refractivity contribution in [3.63, 3.8) is 0 Å². The summed E-state index contributed by atoms with van der Waals surface area (Å²) in [5.74, 6) is -1.85. The molecule has 0 radical (unpaired) electrons.